The highest BCUT2D eigenvalue weighted by Gasteiger charge is 2.37. The maximum absolute atomic E-state index is 13.8. The molecule has 0 bridgehead atoms. The first-order valence-corrected chi connectivity index (χ1v) is 12.7. The SMILES string of the molecule is CSCc1ccc(O)c2c1C(=O)c1c(NCCNCCO)ccc(NCCNCCO)c1C2=O. The van der Waals surface area contributed by atoms with Crippen molar-refractivity contribution in [3.05, 3.63) is 52.1 Å². The Bertz CT molecular complexity index is 1030. The predicted molar refractivity (Wildman–Crippen MR) is 136 cm³/mol. The summed E-state index contributed by atoms with van der Waals surface area (Å²) in [6, 6.07) is 6.71. The Morgan fingerprint density at radius 2 is 1.24 bits per heavy atom. The van der Waals surface area contributed by atoms with Crippen LogP contribution in [-0.2, 0) is 5.75 Å². The van der Waals surface area contributed by atoms with E-state index in [1.165, 1.54) is 17.8 Å². The number of anilines is 2. The fourth-order valence-electron chi connectivity index (χ4n) is 4.00. The Morgan fingerprint density at radius 3 is 1.74 bits per heavy atom. The first kappa shape index (κ1) is 26.0. The molecule has 0 radical (unpaired) electrons. The van der Waals surface area contributed by atoms with Crippen LogP contribution in [0.1, 0.15) is 37.4 Å². The summed E-state index contributed by atoms with van der Waals surface area (Å²) in [5, 5.41) is 41.0. The number of fused-ring (bicyclic) bond motifs is 2. The minimum Gasteiger partial charge on any atom is -0.507 e. The topological polar surface area (TPSA) is 143 Å². The molecule has 0 unspecified atom stereocenters. The van der Waals surface area contributed by atoms with E-state index in [-0.39, 0.29) is 41.4 Å². The van der Waals surface area contributed by atoms with E-state index in [2.05, 4.69) is 21.3 Å². The zero-order valence-corrected chi connectivity index (χ0v) is 20.1. The Morgan fingerprint density at radius 1 is 0.706 bits per heavy atom. The first-order valence-electron chi connectivity index (χ1n) is 11.3. The fraction of sp³-hybridized carbons (Fsp3) is 0.417. The Balaban J connectivity index is 2.01. The van der Waals surface area contributed by atoms with E-state index in [1.807, 2.05) is 6.26 Å². The number of aromatic hydroxyl groups is 1. The standard InChI is InChI=1S/C24H32N4O5S/c1-34-14-15-2-5-18(31)22-19(15)23(32)20-16(27-8-6-25-10-12-29)3-4-17(21(20)24(22)33)28-9-7-26-11-13-30/h2-5,25-31H,6-14H2,1H3. The van der Waals surface area contributed by atoms with Crippen LogP contribution in [0.25, 0.3) is 0 Å². The minimum atomic E-state index is -0.391. The van der Waals surface area contributed by atoms with Gasteiger partial charge in [0.2, 0.25) is 0 Å². The van der Waals surface area contributed by atoms with E-state index < -0.39 is 5.78 Å². The Kier molecular flexibility index (Phi) is 9.73. The zero-order valence-electron chi connectivity index (χ0n) is 19.2. The van der Waals surface area contributed by atoms with Crippen molar-refractivity contribution in [1.82, 2.24) is 10.6 Å². The number of ketones is 2. The van der Waals surface area contributed by atoms with Gasteiger partial charge in [-0.05, 0) is 30.0 Å². The molecule has 0 heterocycles. The van der Waals surface area contributed by atoms with E-state index in [0.717, 1.165) is 0 Å². The largest absolute Gasteiger partial charge is 0.507 e. The Labute approximate surface area is 203 Å². The average molecular weight is 489 g/mol. The monoisotopic (exact) mass is 488 g/mol. The molecule has 0 aromatic heterocycles. The van der Waals surface area contributed by atoms with Gasteiger partial charge in [-0.1, -0.05) is 6.07 Å². The van der Waals surface area contributed by atoms with Crippen molar-refractivity contribution in [2.45, 2.75) is 5.75 Å². The van der Waals surface area contributed by atoms with Crippen molar-refractivity contribution in [2.75, 3.05) is 69.4 Å². The van der Waals surface area contributed by atoms with Crippen LogP contribution in [-0.4, -0.2) is 85.6 Å². The van der Waals surface area contributed by atoms with Crippen LogP contribution in [0.5, 0.6) is 5.75 Å². The lowest BCUT2D eigenvalue weighted by atomic mass is 9.80. The summed E-state index contributed by atoms with van der Waals surface area (Å²) in [5.74, 6) is -0.347. The predicted octanol–water partition coefficient (Wildman–Crippen LogP) is 1.02. The van der Waals surface area contributed by atoms with E-state index in [0.29, 0.717) is 67.5 Å². The summed E-state index contributed by atoms with van der Waals surface area (Å²) in [6.07, 6.45) is 1.92. The van der Waals surface area contributed by atoms with Gasteiger partial charge >= 0.3 is 0 Å². The third-order valence-electron chi connectivity index (χ3n) is 5.49. The summed E-state index contributed by atoms with van der Waals surface area (Å²) in [6.45, 7) is 3.11. The normalized spacial score (nSPS) is 12.4. The van der Waals surface area contributed by atoms with Crippen LogP contribution in [0.4, 0.5) is 11.4 Å². The van der Waals surface area contributed by atoms with Crippen LogP contribution in [0.3, 0.4) is 0 Å². The molecule has 10 heteroatoms. The molecule has 3 rings (SSSR count). The number of carbonyl (C=O) groups is 2. The lowest BCUT2D eigenvalue weighted by Gasteiger charge is -2.26. The van der Waals surface area contributed by atoms with Gasteiger partial charge in [0.1, 0.15) is 5.75 Å². The maximum Gasteiger partial charge on any atom is 0.200 e. The molecule has 0 saturated heterocycles. The quantitative estimate of drug-likeness (QED) is 0.164. The smallest absolute Gasteiger partial charge is 0.200 e. The summed E-state index contributed by atoms with van der Waals surface area (Å²) >= 11 is 1.54. The van der Waals surface area contributed by atoms with Crippen molar-refractivity contribution in [1.29, 1.82) is 0 Å². The molecular formula is C24H32N4O5S. The molecule has 1 aliphatic carbocycles. The van der Waals surface area contributed by atoms with Gasteiger partial charge in [0.05, 0.1) is 29.9 Å². The number of hydrogen-bond acceptors (Lipinski definition) is 10. The van der Waals surface area contributed by atoms with E-state index >= 15 is 0 Å². The number of hydrogen-bond donors (Lipinski definition) is 7. The number of phenols is 1. The van der Waals surface area contributed by atoms with Crippen molar-refractivity contribution < 1.29 is 24.9 Å². The summed E-state index contributed by atoms with van der Waals surface area (Å²) < 4.78 is 0. The molecule has 7 N–H and O–H groups in total. The molecule has 0 fully saturated rings. The number of thioether (sulfide) groups is 1. The van der Waals surface area contributed by atoms with Crippen LogP contribution in [0.2, 0.25) is 0 Å². The molecular weight excluding hydrogens is 456 g/mol. The molecule has 2 aromatic rings. The second kappa shape index (κ2) is 12.7. The number of aliphatic hydroxyl groups excluding tert-OH is 2. The number of nitrogens with one attached hydrogen (secondary N) is 4. The molecule has 34 heavy (non-hydrogen) atoms. The van der Waals surface area contributed by atoms with Crippen LogP contribution in [0, 0.1) is 0 Å². The highest BCUT2D eigenvalue weighted by Crippen LogP contribution is 2.41. The van der Waals surface area contributed by atoms with E-state index in [4.69, 9.17) is 10.2 Å². The lowest BCUT2D eigenvalue weighted by molar-refractivity contribution is 0.0977. The molecule has 0 spiro atoms. The van der Waals surface area contributed by atoms with Crippen LogP contribution >= 0.6 is 11.8 Å². The molecule has 0 amide bonds. The minimum absolute atomic E-state index is 0.0321. The highest BCUT2D eigenvalue weighted by atomic mass is 32.2. The number of carbonyl (C=O) groups excluding carboxylic acids is 2. The van der Waals surface area contributed by atoms with E-state index in [9.17, 15) is 14.7 Å². The van der Waals surface area contributed by atoms with Gasteiger partial charge in [-0.2, -0.15) is 11.8 Å². The van der Waals surface area contributed by atoms with Crippen molar-refractivity contribution in [2.24, 2.45) is 0 Å². The van der Waals surface area contributed by atoms with Crippen molar-refractivity contribution >= 4 is 34.7 Å². The molecule has 184 valence electrons. The van der Waals surface area contributed by atoms with Crippen LogP contribution in [0.15, 0.2) is 24.3 Å². The third-order valence-corrected chi connectivity index (χ3v) is 6.09. The molecule has 9 nitrogen and oxygen atoms in total. The fourth-order valence-corrected chi connectivity index (χ4v) is 4.55. The number of benzene rings is 2. The first-order chi connectivity index (χ1) is 16.5. The van der Waals surface area contributed by atoms with Crippen molar-refractivity contribution in [3.8, 4) is 5.75 Å². The third kappa shape index (κ3) is 5.70. The molecule has 0 saturated carbocycles. The van der Waals surface area contributed by atoms with Gasteiger partial charge in [-0.15, -0.1) is 0 Å². The lowest BCUT2D eigenvalue weighted by Crippen LogP contribution is -2.29. The highest BCUT2D eigenvalue weighted by molar-refractivity contribution is 7.97. The summed E-state index contributed by atoms with van der Waals surface area (Å²) in [7, 11) is 0. The van der Waals surface area contributed by atoms with Crippen molar-refractivity contribution in [3.63, 3.8) is 0 Å². The van der Waals surface area contributed by atoms with Gasteiger partial charge in [0.15, 0.2) is 11.6 Å². The Hall–Kier alpha value is -2.63. The second-order valence-electron chi connectivity index (χ2n) is 7.80. The molecule has 0 aliphatic heterocycles. The summed E-state index contributed by atoms with van der Waals surface area (Å²) in [5.41, 5.74) is 2.62. The van der Waals surface area contributed by atoms with Gasteiger partial charge in [0, 0.05) is 62.0 Å². The zero-order chi connectivity index (χ0) is 24.5. The number of rotatable bonds is 14. The number of aliphatic hydroxyl groups is 2. The van der Waals surface area contributed by atoms with Gasteiger partial charge in [-0.25, -0.2) is 0 Å². The maximum atomic E-state index is 13.8. The van der Waals surface area contributed by atoms with Gasteiger partial charge < -0.3 is 36.6 Å². The molecule has 2 aromatic carbocycles. The number of phenolic OH excluding ortho intramolecular Hbond substituents is 1. The second-order valence-corrected chi connectivity index (χ2v) is 8.66. The van der Waals surface area contributed by atoms with Crippen LogP contribution < -0.4 is 21.3 Å². The molecule has 1 aliphatic rings. The van der Waals surface area contributed by atoms with Gasteiger partial charge in [-0.3, -0.25) is 9.59 Å². The molecule has 0 atom stereocenters. The van der Waals surface area contributed by atoms with Gasteiger partial charge in [0.25, 0.3) is 0 Å². The van der Waals surface area contributed by atoms with E-state index in [1.54, 1.807) is 18.2 Å². The summed E-state index contributed by atoms with van der Waals surface area (Å²) in [4.78, 5) is 27.5. The average Bonchev–Trinajstić information content (AvgIpc) is 2.83.